The number of hydrogen-bond acceptors (Lipinski definition) is 7. The van der Waals surface area contributed by atoms with E-state index in [4.69, 9.17) is 18.9 Å². The molecule has 0 unspecified atom stereocenters. The van der Waals surface area contributed by atoms with Gasteiger partial charge in [0, 0.05) is 25.1 Å². The first-order valence-electron chi connectivity index (χ1n) is 10.7. The van der Waals surface area contributed by atoms with Gasteiger partial charge in [0.25, 0.3) is 11.8 Å². The Labute approximate surface area is 198 Å². The van der Waals surface area contributed by atoms with E-state index in [0.29, 0.717) is 53.5 Å². The fourth-order valence-electron chi connectivity index (χ4n) is 3.61. The van der Waals surface area contributed by atoms with Crippen molar-refractivity contribution in [3.63, 3.8) is 0 Å². The molecule has 2 aromatic rings. The number of carbonyl (C=O) groups is 3. The van der Waals surface area contributed by atoms with Gasteiger partial charge in [0.15, 0.2) is 11.5 Å². The first-order valence-corrected chi connectivity index (χ1v) is 10.7. The van der Waals surface area contributed by atoms with Crippen LogP contribution in [0.25, 0.3) is 12.2 Å². The summed E-state index contributed by atoms with van der Waals surface area (Å²) in [5.41, 5.74) is 1.96. The number of benzene rings is 2. The Bertz CT molecular complexity index is 1110. The van der Waals surface area contributed by atoms with Gasteiger partial charge in [0.1, 0.15) is 5.75 Å². The van der Waals surface area contributed by atoms with Crippen molar-refractivity contribution in [1.82, 2.24) is 4.90 Å². The summed E-state index contributed by atoms with van der Waals surface area (Å²) in [7, 11) is 4.57. The fraction of sp³-hybridized carbons (Fsp3) is 0.269. The average molecular weight is 466 g/mol. The minimum absolute atomic E-state index is 0.333. The molecule has 0 atom stereocenters. The van der Waals surface area contributed by atoms with Gasteiger partial charge in [-0.3, -0.25) is 19.3 Å². The molecule has 0 N–H and O–H groups in total. The van der Waals surface area contributed by atoms with E-state index in [-0.39, 0.29) is 5.91 Å². The van der Waals surface area contributed by atoms with Crippen molar-refractivity contribution in [3.8, 4) is 23.0 Å². The highest BCUT2D eigenvalue weighted by Gasteiger charge is 2.27. The molecule has 0 bridgehead atoms. The predicted molar refractivity (Wildman–Crippen MR) is 127 cm³/mol. The Morgan fingerprint density at radius 1 is 0.941 bits per heavy atom. The van der Waals surface area contributed by atoms with Crippen LogP contribution in [-0.2, 0) is 14.4 Å². The fourth-order valence-corrected chi connectivity index (χ4v) is 3.61. The molecule has 2 aromatic carbocycles. The topological polar surface area (TPSA) is 91.4 Å². The zero-order valence-electron chi connectivity index (χ0n) is 19.6. The van der Waals surface area contributed by atoms with Crippen LogP contribution in [0.15, 0.2) is 48.0 Å². The molecule has 0 spiro atoms. The number of methoxy groups -OCH3 is 3. The number of carbonyl (C=O) groups excluding carboxylic acids is 3. The van der Waals surface area contributed by atoms with Crippen LogP contribution in [0.4, 0.5) is 0 Å². The van der Waals surface area contributed by atoms with Gasteiger partial charge in [0.2, 0.25) is 5.75 Å². The summed E-state index contributed by atoms with van der Waals surface area (Å²) in [5, 5.41) is 0. The van der Waals surface area contributed by atoms with Crippen molar-refractivity contribution in [1.29, 1.82) is 0 Å². The highest BCUT2D eigenvalue weighted by Crippen LogP contribution is 2.39. The summed E-state index contributed by atoms with van der Waals surface area (Å²) < 4.78 is 21.1. The van der Waals surface area contributed by atoms with Crippen LogP contribution in [0.5, 0.6) is 23.0 Å². The third kappa shape index (κ3) is 5.83. The van der Waals surface area contributed by atoms with Crippen LogP contribution >= 0.6 is 0 Å². The third-order valence-electron chi connectivity index (χ3n) is 5.20. The van der Waals surface area contributed by atoms with E-state index in [1.807, 2.05) is 0 Å². The van der Waals surface area contributed by atoms with Gasteiger partial charge in [-0.15, -0.1) is 0 Å². The van der Waals surface area contributed by atoms with Crippen LogP contribution < -0.4 is 18.9 Å². The second kappa shape index (κ2) is 11.2. The molecule has 8 nitrogen and oxygen atoms in total. The lowest BCUT2D eigenvalue weighted by Gasteiger charge is -2.26. The molecule has 1 aliphatic rings. The smallest absolute Gasteiger partial charge is 0.308 e. The van der Waals surface area contributed by atoms with E-state index >= 15 is 0 Å². The van der Waals surface area contributed by atoms with Gasteiger partial charge < -0.3 is 18.9 Å². The molecule has 0 saturated carbocycles. The predicted octanol–water partition coefficient (Wildman–Crippen LogP) is 3.88. The number of nitrogens with zero attached hydrogens (tertiary/aromatic N) is 1. The number of hydrogen-bond donors (Lipinski definition) is 0. The molecule has 1 fully saturated rings. The molecule has 178 valence electrons. The Hall–Kier alpha value is -4.07. The zero-order chi connectivity index (χ0) is 24.7. The maximum Gasteiger partial charge on any atom is 0.308 e. The highest BCUT2D eigenvalue weighted by atomic mass is 16.5. The molecule has 0 aromatic heterocycles. The number of rotatable bonds is 7. The minimum Gasteiger partial charge on any atom is -0.493 e. The quantitative estimate of drug-likeness (QED) is 0.348. The number of piperidine rings is 1. The van der Waals surface area contributed by atoms with Crippen LogP contribution in [0.2, 0.25) is 0 Å². The highest BCUT2D eigenvalue weighted by molar-refractivity contribution is 6.11. The number of amides is 2. The van der Waals surface area contributed by atoms with Crippen molar-refractivity contribution in [2.75, 3.05) is 27.9 Å². The second-order valence-electron chi connectivity index (χ2n) is 7.52. The first-order chi connectivity index (χ1) is 16.4. The normalized spacial score (nSPS) is 14.9. The van der Waals surface area contributed by atoms with Crippen molar-refractivity contribution >= 4 is 29.9 Å². The van der Waals surface area contributed by atoms with Crippen molar-refractivity contribution in [3.05, 3.63) is 59.2 Å². The number of likely N-dealkylation sites (tertiary alicyclic amines) is 1. The first kappa shape index (κ1) is 24.6. The van der Waals surface area contributed by atoms with Gasteiger partial charge in [-0.1, -0.05) is 12.1 Å². The lowest BCUT2D eigenvalue weighted by atomic mass is 10.00. The molecule has 3 rings (SSSR count). The van der Waals surface area contributed by atoms with Crippen molar-refractivity contribution in [2.45, 2.75) is 19.8 Å². The summed E-state index contributed by atoms with van der Waals surface area (Å²) in [6.45, 7) is 1.67. The number of imide groups is 1. The Morgan fingerprint density at radius 2 is 1.59 bits per heavy atom. The summed E-state index contributed by atoms with van der Waals surface area (Å²) >= 11 is 0. The average Bonchev–Trinajstić information content (AvgIpc) is 2.83. The van der Waals surface area contributed by atoms with E-state index in [2.05, 4.69) is 0 Å². The van der Waals surface area contributed by atoms with Gasteiger partial charge in [-0.25, -0.2) is 0 Å². The maximum absolute atomic E-state index is 13.0. The van der Waals surface area contributed by atoms with Gasteiger partial charge >= 0.3 is 5.97 Å². The molecule has 1 heterocycles. The molecule has 0 radical (unpaired) electrons. The minimum atomic E-state index is -0.405. The molecule has 1 saturated heterocycles. The molecule has 8 heteroatoms. The summed E-state index contributed by atoms with van der Waals surface area (Å²) in [6, 6.07) is 10.2. The zero-order valence-corrected chi connectivity index (χ0v) is 19.6. The Kier molecular flexibility index (Phi) is 8.08. The Morgan fingerprint density at radius 3 is 2.15 bits per heavy atom. The Balaban J connectivity index is 1.76. The van der Waals surface area contributed by atoms with E-state index in [0.717, 1.165) is 5.56 Å². The second-order valence-corrected chi connectivity index (χ2v) is 7.52. The maximum atomic E-state index is 13.0. The lowest BCUT2D eigenvalue weighted by molar-refractivity contribution is -0.140. The third-order valence-corrected chi connectivity index (χ3v) is 5.20. The van der Waals surface area contributed by atoms with Crippen LogP contribution in [0.1, 0.15) is 30.9 Å². The molecule has 0 aliphatic carbocycles. The summed E-state index contributed by atoms with van der Waals surface area (Å²) in [6.07, 6.45) is 5.94. The van der Waals surface area contributed by atoms with Crippen LogP contribution in [0, 0.1) is 0 Å². The van der Waals surface area contributed by atoms with Gasteiger partial charge in [0.05, 0.1) is 21.3 Å². The SMILES string of the molecule is COc1cc(/C=C2\CCCN(C(=O)/C=C/c3ccc(OC(C)=O)cc3)C2=O)cc(OC)c1OC. The molecular formula is C26H27NO7. The molecular weight excluding hydrogens is 438 g/mol. The summed E-state index contributed by atoms with van der Waals surface area (Å²) in [4.78, 5) is 38.0. The number of esters is 1. The largest absolute Gasteiger partial charge is 0.493 e. The number of ether oxygens (including phenoxy) is 4. The van der Waals surface area contributed by atoms with Gasteiger partial charge in [-0.05, 0) is 60.4 Å². The van der Waals surface area contributed by atoms with E-state index in [1.54, 1.807) is 48.6 Å². The molecule has 34 heavy (non-hydrogen) atoms. The van der Waals surface area contributed by atoms with E-state index in [1.165, 1.54) is 39.2 Å². The molecule has 1 aliphatic heterocycles. The van der Waals surface area contributed by atoms with E-state index in [9.17, 15) is 14.4 Å². The van der Waals surface area contributed by atoms with Crippen LogP contribution in [0.3, 0.4) is 0 Å². The van der Waals surface area contributed by atoms with Crippen LogP contribution in [-0.4, -0.2) is 50.6 Å². The van der Waals surface area contributed by atoms with Crippen molar-refractivity contribution < 1.29 is 33.3 Å². The standard InChI is InChI=1S/C26H27NO7/c1-17(28)34-21-10-7-18(8-11-21)9-12-24(29)27-13-5-6-20(26(27)30)14-19-15-22(31-2)25(33-4)23(16-19)32-3/h7-12,14-16H,5-6,13H2,1-4H3/b12-9+,20-14+. The summed E-state index contributed by atoms with van der Waals surface area (Å²) in [5.74, 6) is 0.704. The van der Waals surface area contributed by atoms with Gasteiger partial charge in [-0.2, -0.15) is 0 Å². The lowest BCUT2D eigenvalue weighted by Crippen LogP contribution is -2.40. The monoisotopic (exact) mass is 465 g/mol. The van der Waals surface area contributed by atoms with E-state index < -0.39 is 11.9 Å². The molecule has 2 amide bonds. The van der Waals surface area contributed by atoms with Crippen molar-refractivity contribution in [2.24, 2.45) is 0 Å².